The molecule has 0 aromatic rings. The molecule has 2 rings (SSSR count). The molecule has 0 amide bonds. The number of nitrogens with zero attached hydrogens (tertiary/aromatic N) is 2. The zero-order valence-corrected chi connectivity index (χ0v) is 8.68. The van der Waals surface area contributed by atoms with Gasteiger partial charge < -0.3 is 9.64 Å². The van der Waals surface area contributed by atoms with Gasteiger partial charge in [0.2, 0.25) is 0 Å². The second kappa shape index (κ2) is 3.61. The third-order valence-corrected chi connectivity index (χ3v) is 2.87. The molecule has 88 valence electrons. The summed E-state index contributed by atoms with van der Waals surface area (Å²) in [7, 11) is 1.97. The van der Waals surface area contributed by atoms with Gasteiger partial charge in [0.05, 0.1) is 13.2 Å². The van der Waals surface area contributed by atoms with E-state index in [1.165, 1.54) is 4.90 Å². The molecule has 0 unspecified atom stereocenters. The van der Waals surface area contributed by atoms with Crippen molar-refractivity contribution < 1.29 is 17.9 Å². The highest BCUT2D eigenvalue weighted by molar-refractivity contribution is 5.01. The van der Waals surface area contributed by atoms with Crippen LogP contribution in [0.15, 0.2) is 0 Å². The third-order valence-electron chi connectivity index (χ3n) is 2.87. The van der Waals surface area contributed by atoms with E-state index in [2.05, 4.69) is 4.90 Å². The summed E-state index contributed by atoms with van der Waals surface area (Å²) in [5, 5.41) is 0. The molecule has 2 heterocycles. The van der Waals surface area contributed by atoms with Gasteiger partial charge in [0.25, 0.3) is 0 Å². The Morgan fingerprint density at radius 3 is 2.47 bits per heavy atom. The molecule has 0 radical (unpaired) electrons. The minimum atomic E-state index is -4.10. The number of likely N-dealkylation sites (N-methyl/N-ethyl adjacent to an activating group) is 1. The van der Waals surface area contributed by atoms with Crippen LogP contribution >= 0.6 is 0 Å². The van der Waals surface area contributed by atoms with E-state index in [1.807, 2.05) is 7.05 Å². The van der Waals surface area contributed by atoms with Crippen molar-refractivity contribution in [1.29, 1.82) is 0 Å². The molecule has 1 spiro atoms. The smallest absolute Gasteiger partial charge is 0.370 e. The lowest BCUT2D eigenvalue weighted by atomic mass is 9.92. The summed E-state index contributed by atoms with van der Waals surface area (Å²) in [5.74, 6) is 0. The fraction of sp³-hybridized carbons (Fsp3) is 1.00. The number of hydrogen-bond donors (Lipinski definition) is 0. The van der Waals surface area contributed by atoms with E-state index in [-0.39, 0.29) is 5.60 Å². The lowest BCUT2D eigenvalue weighted by molar-refractivity contribution is -0.216. The molecule has 0 aliphatic carbocycles. The lowest BCUT2D eigenvalue weighted by Gasteiger charge is -2.53. The first kappa shape index (κ1) is 11.2. The molecule has 2 aliphatic heterocycles. The number of rotatable bonds is 1. The van der Waals surface area contributed by atoms with Crippen molar-refractivity contribution in [2.24, 2.45) is 0 Å². The molecule has 2 fully saturated rings. The van der Waals surface area contributed by atoms with E-state index in [4.69, 9.17) is 4.74 Å². The number of morpholine rings is 1. The quantitative estimate of drug-likeness (QED) is 0.647. The van der Waals surface area contributed by atoms with Gasteiger partial charge in [-0.15, -0.1) is 0 Å². The van der Waals surface area contributed by atoms with Gasteiger partial charge in [0.1, 0.15) is 5.60 Å². The summed E-state index contributed by atoms with van der Waals surface area (Å²) in [6, 6.07) is 0. The molecule has 0 atom stereocenters. The van der Waals surface area contributed by atoms with Gasteiger partial charge in [0.15, 0.2) is 0 Å². The van der Waals surface area contributed by atoms with E-state index in [0.29, 0.717) is 19.7 Å². The van der Waals surface area contributed by atoms with Crippen LogP contribution in [0.25, 0.3) is 0 Å². The van der Waals surface area contributed by atoms with Crippen molar-refractivity contribution in [3.05, 3.63) is 0 Å². The first-order chi connectivity index (χ1) is 6.89. The second-order valence-electron chi connectivity index (χ2n) is 4.53. The van der Waals surface area contributed by atoms with E-state index in [9.17, 15) is 13.2 Å². The van der Waals surface area contributed by atoms with E-state index in [1.54, 1.807) is 0 Å². The third kappa shape index (κ3) is 2.62. The summed E-state index contributed by atoms with van der Waals surface area (Å²) < 4.78 is 41.8. The summed E-state index contributed by atoms with van der Waals surface area (Å²) in [6.07, 6.45) is -4.10. The van der Waals surface area contributed by atoms with Crippen LogP contribution in [0.4, 0.5) is 13.2 Å². The molecular weight excluding hydrogens is 209 g/mol. The largest absolute Gasteiger partial charge is 0.401 e. The van der Waals surface area contributed by atoms with Crippen LogP contribution in [-0.2, 0) is 4.74 Å². The standard InChI is InChI=1S/C9H15F3N2O/c1-13-2-3-15-8(4-13)5-14(6-8)7-9(10,11)12/h2-7H2,1H3. The number of likely N-dealkylation sites (tertiary alicyclic amines) is 1. The van der Waals surface area contributed by atoms with Crippen LogP contribution in [0.5, 0.6) is 0 Å². The Hall–Kier alpha value is -0.330. The topological polar surface area (TPSA) is 15.7 Å². The molecule has 3 nitrogen and oxygen atoms in total. The van der Waals surface area contributed by atoms with Gasteiger partial charge in [-0.05, 0) is 7.05 Å². The van der Waals surface area contributed by atoms with Crippen LogP contribution in [-0.4, -0.2) is 68.0 Å². The van der Waals surface area contributed by atoms with Crippen molar-refractivity contribution in [2.45, 2.75) is 11.8 Å². The minimum Gasteiger partial charge on any atom is -0.370 e. The van der Waals surface area contributed by atoms with E-state index in [0.717, 1.165) is 13.1 Å². The van der Waals surface area contributed by atoms with Gasteiger partial charge in [-0.3, -0.25) is 4.90 Å². The average Bonchev–Trinajstić information content (AvgIpc) is 1.98. The highest BCUT2D eigenvalue weighted by Gasteiger charge is 2.49. The van der Waals surface area contributed by atoms with Gasteiger partial charge in [0, 0.05) is 26.2 Å². The number of alkyl halides is 3. The molecule has 0 aromatic heterocycles. The SMILES string of the molecule is CN1CCOC2(C1)CN(CC(F)(F)F)C2. The second-order valence-corrected chi connectivity index (χ2v) is 4.53. The fourth-order valence-electron chi connectivity index (χ4n) is 2.36. The monoisotopic (exact) mass is 224 g/mol. The summed E-state index contributed by atoms with van der Waals surface area (Å²) >= 11 is 0. The Kier molecular flexibility index (Phi) is 2.68. The summed E-state index contributed by atoms with van der Waals surface area (Å²) in [4.78, 5) is 3.49. The van der Waals surface area contributed by atoms with Crippen molar-refractivity contribution in [1.82, 2.24) is 9.80 Å². The van der Waals surface area contributed by atoms with Crippen molar-refractivity contribution >= 4 is 0 Å². The Bertz CT molecular complexity index is 238. The molecular formula is C9H15F3N2O. The van der Waals surface area contributed by atoms with Crippen LogP contribution in [0.3, 0.4) is 0 Å². The Labute approximate surface area is 86.8 Å². The average molecular weight is 224 g/mol. The van der Waals surface area contributed by atoms with Gasteiger partial charge in [-0.2, -0.15) is 13.2 Å². The number of hydrogen-bond acceptors (Lipinski definition) is 3. The minimum absolute atomic E-state index is 0.335. The van der Waals surface area contributed by atoms with Gasteiger partial charge in [-0.1, -0.05) is 0 Å². The number of ether oxygens (including phenoxy) is 1. The molecule has 0 bridgehead atoms. The maximum Gasteiger partial charge on any atom is 0.401 e. The molecule has 0 N–H and O–H groups in total. The molecule has 0 aromatic carbocycles. The molecule has 15 heavy (non-hydrogen) atoms. The maximum atomic E-state index is 12.1. The van der Waals surface area contributed by atoms with Crippen molar-refractivity contribution in [3.63, 3.8) is 0 Å². The predicted octanol–water partition coefficient (Wildman–Crippen LogP) is 0.565. The van der Waals surface area contributed by atoms with Gasteiger partial charge in [-0.25, -0.2) is 0 Å². The lowest BCUT2D eigenvalue weighted by Crippen LogP contribution is -2.70. The predicted molar refractivity (Wildman–Crippen MR) is 48.7 cm³/mol. The van der Waals surface area contributed by atoms with Gasteiger partial charge >= 0.3 is 6.18 Å². The van der Waals surface area contributed by atoms with E-state index < -0.39 is 12.7 Å². The Balaban J connectivity index is 1.81. The molecule has 6 heteroatoms. The van der Waals surface area contributed by atoms with Crippen LogP contribution in [0, 0.1) is 0 Å². The fourth-order valence-corrected chi connectivity index (χ4v) is 2.36. The Morgan fingerprint density at radius 1 is 1.27 bits per heavy atom. The van der Waals surface area contributed by atoms with E-state index >= 15 is 0 Å². The van der Waals surface area contributed by atoms with Crippen LogP contribution in [0.2, 0.25) is 0 Å². The summed E-state index contributed by atoms with van der Waals surface area (Å²) in [6.45, 7) is 2.20. The first-order valence-corrected chi connectivity index (χ1v) is 5.00. The number of halogens is 3. The van der Waals surface area contributed by atoms with Crippen LogP contribution < -0.4 is 0 Å². The molecule has 0 saturated carbocycles. The van der Waals surface area contributed by atoms with Crippen molar-refractivity contribution in [3.8, 4) is 0 Å². The molecule has 2 aliphatic rings. The zero-order valence-electron chi connectivity index (χ0n) is 8.68. The van der Waals surface area contributed by atoms with Crippen molar-refractivity contribution in [2.75, 3.05) is 46.4 Å². The Morgan fingerprint density at radius 2 is 1.93 bits per heavy atom. The first-order valence-electron chi connectivity index (χ1n) is 5.00. The highest BCUT2D eigenvalue weighted by atomic mass is 19.4. The normalized spacial score (nSPS) is 28.0. The zero-order chi connectivity index (χ0) is 11.1. The van der Waals surface area contributed by atoms with Crippen LogP contribution in [0.1, 0.15) is 0 Å². The summed E-state index contributed by atoms with van der Waals surface area (Å²) in [5.41, 5.74) is -0.335. The maximum absolute atomic E-state index is 12.1. The molecule has 2 saturated heterocycles. The highest BCUT2D eigenvalue weighted by Crippen LogP contribution is 2.31.